The molecule has 0 amide bonds. The molecule has 0 bridgehead atoms. The first-order valence-electron chi connectivity index (χ1n) is 4.27. The van der Waals surface area contributed by atoms with Crippen LogP contribution in [0.15, 0.2) is 23.8 Å². The third-order valence-electron chi connectivity index (χ3n) is 1.89. The van der Waals surface area contributed by atoms with Gasteiger partial charge in [0, 0.05) is 10.6 Å². The number of alkyl halides is 3. The highest BCUT2D eigenvalue weighted by molar-refractivity contribution is 6.32. The molecular weight excluding hydrogens is 253 g/mol. The Hall–Kier alpha value is -1.98. The van der Waals surface area contributed by atoms with E-state index < -0.39 is 17.3 Å². The maximum absolute atomic E-state index is 12.6. The molecule has 1 aromatic carbocycles. The summed E-state index contributed by atoms with van der Waals surface area (Å²) in [6.07, 6.45) is -3.77. The van der Waals surface area contributed by atoms with Crippen LogP contribution >= 0.6 is 11.6 Å². The Morgan fingerprint density at radius 2 is 1.82 bits per heavy atom. The maximum atomic E-state index is 12.6. The van der Waals surface area contributed by atoms with Gasteiger partial charge in [-0.2, -0.15) is 23.7 Å². The Bertz CT molecular complexity index is 531. The van der Waals surface area contributed by atoms with Gasteiger partial charge >= 0.3 is 6.18 Å². The van der Waals surface area contributed by atoms with Crippen LogP contribution in [0.4, 0.5) is 13.2 Å². The molecular formula is C11H4ClF3N2. The fraction of sp³-hybridized carbons (Fsp3) is 0.0909. The Labute approximate surface area is 100 Å². The molecule has 2 nitrogen and oxygen atoms in total. The van der Waals surface area contributed by atoms with Crippen LogP contribution in [-0.2, 0) is 6.18 Å². The third-order valence-corrected chi connectivity index (χ3v) is 2.22. The number of hydrogen-bond donors (Lipinski definition) is 0. The summed E-state index contributed by atoms with van der Waals surface area (Å²) in [6.45, 7) is 0. The molecule has 0 aromatic heterocycles. The highest BCUT2D eigenvalue weighted by atomic mass is 35.5. The van der Waals surface area contributed by atoms with Crippen LogP contribution in [0.3, 0.4) is 0 Å². The second kappa shape index (κ2) is 4.90. The smallest absolute Gasteiger partial charge is 0.192 e. The molecule has 0 heterocycles. The van der Waals surface area contributed by atoms with E-state index in [1.165, 1.54) is 18.2 Å². The van der Waals surface area contributed by atoms with Crippen molar-refractivity contribution in [2.75, 3.05) is 0 Å². The molecule has 0 radical (unpaired) electrons. The molecule has 1 aromatic rings. The first-order chi connectivity index (χ1) is 7.90. The van der Waals surface area contributed by atoms with Crippen LogP contribution in [-0.4, -0.2) is 0 Å². The lowest BCUT2D eigenvalue weighted by atomic mass is 10.0. The van der Waals surface area contributed by atoms with E-state index in [2.05, 4.69) is 0 Å². The van der Waals surface area contributed by atoms with Crippen LogP contribution in [0.25, 0.3) is 6.08 Å². The molecule has 86 valence electrons. The molecule has 0 spiro atoms. The van der Waals surface area contributed by atoms with Gasteiger partial charge in [-0.25, -0.2) is 0 Å². The van der Waals surface area contributed by atoms with Gasteiger partial charge in [-0.3, -0.25) is 0 Å². The SMILES string of the molecule is N#CC(C#N)=Cc1c(Cl)cccc1C(F)(F)F. The van der Waals surface area contributed by atoms with Gasteiger partial charge in [-0.1, -0.05) is 17.7 Å². The average molecular weight is 257 g/mol. The molecule has 0 saturated carbocycles. The van der Waals surface area contributed by atoms with E-state index in [0.29, 0.717) is 0 Å². The molecule has 0 unspecified atom stereocenters. The molecule has 0 atom stereocenters. The van der Waals surface area contributed by atoms with Gasteiger partial charge < -0.3 is 0 Å². The number of benzene rings is 1. The van der Waals surface area contributed by atoms with Crippen LogP contribution in [0, 0.1) is 22.7 Å². The van der Waals surface area contributed by atoms with Crippen molar-refractivity contribution in [2.24, 2.45) is 0 Å². The molecule has 17 heavy (non-hydrogen) atoms. The minimum absolute atomic E-state index is 0.164. The summed E-state index contributed by atoms with van der Waals surface area (Å²) < 4.78 is 37.9. The van der Waals surface area contributed by atoms with E-state index in [1.54, 1.807) is 0 Å². The van der Waals surface area contributed by atoms with E-state index in [4.69, 9.17) is 22.1 Å². The highest BCUT2D eigenvalue weighted by Gasteiger charge is 2.33. The first kappa shape index (κ1) is 13.1. The Morgan fingerprint density at radius 1 is 1.24 bits per heavy atom. The Morgan fingerprint density at radius 3 is 2.29 bits per heavy atom. The molecule has 0 aliphatic rings. The number of hydrogen-bond acceptors (Lipinski definition) is 2. The minimum atomic E-state index is -4.59. The Kier molecular flexibility index (Phi) is 3.77. The van der Waals surface area contributed by atoms with Gasteiger partial charge in [-0.05, 0) is 18.2 Å². The zero-order valence-electron chi connectivity index (χ0n) is 8.22. The van der Waals surface area contributed by atoms with Crippen LogP contribution in [0.2, 0.25) is 5.02 Å². The normalized spacial score (nSPS) is 10.2. The molecule has 0 N–H and O–H groups in total. The summed E-state index contributed by atoms with van der Waals surface area (Å²) in [7, 11) is 0. The summed E-state index contributed by atoms with van der Waals surface area (Å²) in [4.78, 5) is 0. The molecule has 6 heteroatoms. The fourth-order valence-corrected chi connectivity index (χ4v) is 1.39. The van der Waals surface area contributed by atoms with Gasteiger partial charge in [0.15, 0.2) is 0 Å². The zero-order chi connectivity index (χ0) is 13.1. The van der Waals surface area contributed by atoms with Crippen molar-refractivity contribution in [3.8, 4) is 12.1 Å². The van der Waals surface area contributed by atoms with E-state index in [1.807, 2.05) is 0 Å². The molecule has 0 aliphatic carbocycles. The number of halogens is 4. The number of rotatable bonds is 1. The lowest BCUT2D eigenvalue weighted by molar-refractivity contribution is -0.137. The van der Waals surface area contributed by atoms with Crippen LogP contribution < -0.4 is 0 Å². The fourth-order valence-electron chi connectivity index (χ4n) is 1.16. The van der Waals surface area contributed by atoms with E-state index >= 15 is 0 Å². The second-order valence-corrected chi connectivity index (χ2v) is 3.39. The van der Waals surface area contributed by atoms with Gasteiger partial charge in [0.2, 0.25) is 0 Å². The largest absolute Gasteiger partial charge is 0.417 e. The van der Waals surface area contributed by atoms with E-state index in [-0.39, 0.29) is 10.6 Å². The van der Waals surface area contributed by atoms with E-state index in [9.17, 15) is 13.2 Å². The molecule has 1 rings (SSSR count). The second-order valence-electron chi connectivity index (χ2n) is 2.98. The summed E-state index contributed by atoms with van der Waals surface area (Å²) in [6, 6.07) is 6.21. The van der Waals surface area contributed by atoms with Crippen molar-refractivity contribution >= 4 is 17.7 Å². The summed E-state index contributed by atoms with van der Waals surface area (Å²) in [5.41, 5.74) is -1.80. The van der Waals surface area contributed by atoms with Crippen LogP contribution in [0.1, 0.15) is 11.1 Å². The van der Waals surface area contributed by atoms with Gasteiger partial charge in [-0.15, -0.1) is 0 Å². The topological polar surface area (TPSA) is 47.6 Å². The molecule has 0 fully saturated rings. The van der Waals surface area contributed by atoms with Crippen molar-refractivity contribution in [2.45, 2.75) is 6.18 Å². The number of allylic oxidation sites excluding steroid dienone is 1. The summed E-state index contributed by atoms with van der Waals surface area (Å²) in [5.74, 6) is 0. The summed E-state index contributed by atoms with van der Waals surface area (Å²) in [5, 5.41) is 16.8. The van der Waals surface area contributed by atoms with Crippen LogP contribution in [0.5, 0.6) is 0 Å². The van der Waals surface area contributed by atoms with Crippen molar-refractivity contribution in [1.82, 2.24) is 0 Å². The van der Waals surface area contributed by atoms with Gasteiger partial charge in [0.25, 0.3) is 0 Å². The Balaban J connectivity index is 3.49. The first-order valence-corrected chi connectivity index (χ1v) is 4.65. The highest BCUT2D eigenvalue weighted by Crippen LogP contribution is 2.35. The lowest BCUT2D eigenvalue weighted by Crippen LogP contribution is -2.07. The maximum Gasteiger partial charge on any atom is 0.417 e. The molecule has 0 saturated heterocycles. The van der Waals surface area contributed by atoms with Gasteiger partial charge in [0.1, 0.15) is 17.7 Å². The van der Waals surface area contributed by atoms with Crippen molar-refractivity contribution in [3.63, 3.8) is 0 Å². The van der Waals surface area contributed by atoms with E-state index in [0.717, 1.165) is 18.2 Å². The lowest BCUT2D eigenvalue weighted by Gasteiger charge is -2.11. The molecule has 0 aliphatic heterocycles. The quantitative estimate of drug-likeness (QED) is 0.718. The number of nitrogens with zero attached hydrogens (tertiary/aromatic N) is 2. The van der Waals surface area contributed by atoms with Crippen molar-refractivity contribution in [3.05, 3.63) is 39.9 Å². The minimum Gasteiger partial charge on any atom is -0.192 e. The van der Waals surface area contributed by atoms with Crippen molar-refractivity contribution in [1.29, 1.82) is 10.5 Å². The zero-order valence-corrected chi connectivity index (χ0v) is 8.97. The predicted molar refractivity (Wildman–Crippen MR) is 55.7 cm³/mol. The van der Waals surface area contributed by atoms with Gasteiger partial charge in [0.05, 0.1) is 5.56 Å². The standard InChI is InChI=1S/C11H4ClF3N2/c12-10-3-1-2-9(11(13,14)15)8(10)4-7(5-16)6-17/h1-4H. The number of nitriles is 2. The predicted octanol–water partition coefficient (Wildman–Crippen LogP) is 3.79. The third kappa shape index (κ3) is 2.99. The monoisotopic (exact) mass is 256 g/mol. The van der Waals surface area contributed by atoms with Crippen molar-refractivity contribution < 1.29 is 13.2 Å². The average Bonchev–Trinajstić information content (AvgIpc) is 2.26. The summed E-state index contributed by atoms with van der Waals surface area (Å²) >= 11 is 5.63.